The number of allylic oxidation sites excluding steroid dienone is 1. The molecule has 0 bridgehead atoms. The average Bonchev–Trinajstić information content (AvgIpc) is 4.04. The van der Waals surface area contributed by atoms with Crippen LogP contribution in [0, 0.1) is 12.3 Å². The van der Waals surface area contributed by atoms with E-state index < -0.39 is 29.2 Å². The summed E-state index contributed by atoms with van der Waals surface area (Å²) in [7, 11) is 0. The fraction of sp³-hybridized carbons (Fsp3) is 0.426. The molecule has 72 heavy (non-hydrogen) atoms. The Morgan fingerprint density at radius 3 is 2.33 bits per heavy atom. The molecule has 4 aromatic heterocycles. The summed E-state index contributed by atoms with van der Waals surface area (Å²) in [6.07, 6.45) is 3.74. The molecule has 2 aliphatic heterocycles. The first kappa shape index (κ1) is 51.6. The molecule has 2 fully saturated rings. The number of pyridine rings is 1. The monoisotopic (exact) mass is 997 g/mol. The van der Waals surface area contributed by atoms with Crippen molar-refractivity contribution in [3.8, 4) is 16.3 Å². The number of benzene rings is 2. The predicted octanol–water partition coefficient (Wildman–Crippen LogP) is 6.83. The molecule has 0 aliphatic carbocycles. The van der Waals surface area contributed by atoms with Crippen LogP contribution in [0.3, 0.4) is 0 Å². The van der Waals surface area contributed by atoms with E-state index in [4.69, 9.17) is 4.98 Å². The van der Waals surface area contributed by atoms with Crippen molar-refractivity contribution in [1.82, 2.24) is 49.7 Å². The summed E-state index contributed by atoms with van der Waals surface area (Å²) in [5.74, 6) is 0.342. The van der Waals surface area contributed by atoms with Crippen LogP contribution < -0.4 is 26.4 Å². The van der Waals surface area contributed by atoms with Crippen LogP contribution in [0.5, 0.6) is 0 Å². The Bertz CT molecular complexity index is 2960. The average molecular weight is 997 g/mol. The second kappa shape index (κ2) is 21.5. The zero-order valence-electron chi connectivity index (χ0n) is 42.4. The second-order valence-electron chi connectivity index (χ2n) is 20.5. The number of nitrogens with zero attached hydrogens (tertiary/aromatic N) is 9. The van der Waals surface area contributed by atoms with E-state index in [0.717, 1.165) is 65.8 Å². The summed E-state index contributed by atoms with van der Waals surface area (Å²) in [6, 6.07) is 20.4. The van der Waals surface area contributed by atoms with Gasteiger partial charge in [0.1, 0.15) is 17.0 Å². The first-order valence-corrected chi connectivity index (χ1v) is 25.5. The van der Waals surface area contributed by atoms with Gasteiger partial charge in [-0.3, -0.25) is 19.3 Å². The van der Waals surface area contributed by atoms with Gasteiger partial charge in [0.05, 0.1) is 40.5 Å². The molecule has 0 spiro atoms. The number of aromatic nitrogens is 6. The smallest absolute Gasteiger partial charge is 0.278 e. The number of aliphatic hydroxyl groups excluding tert-OH is 1. The van der Waals surface area contributed by atoms with E-state index in [1.807, 2.05) is 45.3 Å². The molecule has 6 aromatic rings. The lowest BCUT2D eigenvalue weighted by atomic mass is 9.85. The van der Waals surface area contributed by atoms with Crippen molar-refractivity contribution in [2.24, 2.45) is 5.41 Å². The number of aryl methyl sites for hydroxylation is 1. The Hall–Kier alpha value is -6.73. The van der Waals surface area contributed by atoms with Gasteiger partial charge in [0.15, 0.2) is 11.5 Å². The van der Waals surface area contributed by atoms with Crippen molar-refractivity contribution in [1.29, 1.82) is 0 Å². The van der Waals surface area contributed by atoms with Gasteiger partial charge >= 0.3 is 0 Å². The lowest BCUT2D eigenvalue weighted by Crippen LogP contribution is -2.56. The number of hydrogen-bond donors (Lipinski definition) is 5. The summed E-state index contributed by atoms with van der Waals surface area (Å²) >= 11 is 1.62. The van der Waals surface area contributed by atoms with Crippen LogP contribution >= 0.6 is 11.3 Å². The van der Waals surface area contributed by atoms with Gasteiger partial charge in [0.25, 0.3) is 5.56 Å². The van der Waals surface area contributed by atoms with E-state index in [0.29, 0.717) is 47.0 Å². The SMILES string of the molecule is C=CCn1c(=O)c2cnc(Nc3ccc(N4CCN(CCCC(=O)N[C@H](C(=O)N5C[C@H](O)C[C@H]5C(=C)N[C@@H](C)c5ccc(-c6scnc6C)cc5)C(C)(C)C)CC4)cc3)nc2n1-c1cccc(C(C)(C)O)n1. The number of fused-ring (bicyclic) bond motifs is 1. The summed E-state index contributed by atoms with van der Waals surface area (Å²) in [6.45, 7) is 25.9. The topological polar surface area (TPSA) is 199 Å². The molecule has 2 amide bonds. The number of aliphatic hydroxyl groups is 2. The van der Waals surface area contributed by atoms with Crippen LogP contribution in [0.1, 0.15) is 83.8 Å². The third kappa shape index (κ3) is 11.6. The van der Waals surface area contributed by atoms with Crippen LogP contribution in [-0.4, -0.2) is 119 Å². The molecule has 6 heterocycles. The van der Waals surface area contributed by atoms with Gasteiger partial charge in [-0.15, -0.1) is 17.9 Å². The third-order valence-corrected chi connectivity index (χ3v) is 14.5. The minimum absolute atomic E-state index is 0.0893. The Labute approximate surface area is 425 Å². The highest BCUT2D eigenvalue weighted by atomic mass is 32.1. The number of nitrogens with one attached hydrogen (secondary N) is 3. The third-order valence-electron chi connectivity index (χ3n) is 13.5. The summed E-state index contributed by atoms with van der Waals surface area (Å²) in [5, 5.41) is 31.7. The molecule has 5 N–H and O–H groups in total. The molecule has 4 atom stereocenters. The first-order chi connectivity index (χ1) is 34.3. The Morgan fingerprint density at radius 2 is 1.68 bits per heavy atom. The number of carbonyl (C=O) groups is 2. The summed E-state index contributed by atoms with van der Waals surface area (Å²) in [4.78, 5) is 67.1. The number of carbonyl (C=O) groups excluding carboxylic acids is 2. The van der Waals surface area contributed by atoms with Crippen molar-refractivity contribution in [2.45, 2.75) is 104 Å². The number of anilines is 3. The number of rotatable bonds is 18. The van der Waals surface area contributed by atoms with Gasteiger partial charge in [0.2, 0.25) is 17.8 Å². The molecule has 17 nitrogen and oxygen atoms in total. The normalized spacial score (nSPS) is 17.5. The zero-order valence-corrected chi connectivity index (χ0v) is 43.2. The lowest BCUT2D eigenvalue weighted by Gasteiger charge is -2.37. The van der Waals surface area contributed by atoms with Crippen LogP contribution in [0.25, 0.3) is 27.3 Å². The Kier molecular flexibility index (Phi) is 15.4. The van der Waals surface area contributed by atoms with Crippen molar-refractivity contribution in [3.05, 3.63) is 131 Å². The van der Waals surface area contributed by atoms with Crippen LogP contribution in [0.4, 0.5) is 17.3 Å². The fourth-order valence-corrected chi connectivity index (χ4v) is 10.3. The zero-order chi connectivity index (χ0) is 51.5. The highest BCUT2D eigenvalue weighted by Gasteiger charge is 2.43. The van der Waals surface area contributed by atoms with Gasteiger partial charge in [-0.25, -0.2) is 24.3 Å². The van der Waals surface area contributed by atoms with Crippen molar-refractivity contribution >= 4 is 51.5 Å². The minimum atomic E-state index is -1.19. The second-order valence-corrected chi connectivity index (χ2v) is 21.4. The molecular weight excluding hydrogens is 929 g/mol. The highest BCUT2D eigenvalue weighted by Crippen LogP contribution is 2.32. The quantitative estimate of drug-likeness (QED) is 0.0563. The van der Waals surface area contributed by atoms with E-state index in [-0.39, 0.29) is 42.9 Å². The Morgan fingerprint density at radius 1 is 0.958 bits per heavy atom. The predicted molar refractivity (Wildman–Crippen MR) is 284 cm³/mol. The van der Waals surface area contributed by atoms with E-state index >= 15 is 0 Å². The maximum atomic E-state index is 14.3. The maximum Gasteiger partial charge on any atom is 0.278 e. The van der Waals surface area contributed by atoms with Crippen molar-refractivity contribution in [3.63, 3.8) is 0 Å². The number of piperazine rings is 1. The lowest BCUT2D eigenvalue weighted by molar-refractivity contribution is -0.140. The molecule has 2 saturated heterocycles. The number of likely N-dealkylation sites (tertiary alicyclic amines) is 1. The molecule has 8 rings (SSSR count). The highest BCUT2D eigenvalue weighted by molar-refractivity contribution is 7.13. The Balaban J connectivity index is 0.816. The van der Waals surface area contributed by atoms with Gasteiger partial charge in [-0.05, 0) is 93.6 Å². The number of hydrogen-bond acceptors (Lipinski definition) is 14. The number of thiazole rings is 1. The molecule has 0 saturated carbocycles. The molecule has 380 valence electrons. The molecule has 0 radical (unpaired) electrons. The number of amides is 2. The van der Waals surface area contributed by atoms with Crippen molar-refractivity contribution < 1.29 is 19.8 Å². The molecule has 0 unspecified atom stereocenters. The van der Waals surface area contributed by atoms with E-state index in [1.54, 1.807) is 59.0 Å². The van der Waals surface area contributed by atoms with E-state index in [2.05, 4.69) is 97.2 Å². The summed E-state index contributed by atoms with van der Waals surface area (Å²) < 4.78 is 3.13. The minimum Gasteiger partial charge on any atom is -0.391 e. The largest absolute Gasteiger partial charge is 0.391 e. The standard InChI is InChI=1S/C54H68N12O5S/c1-10-24-65-50(69)42-31-55-52(61-49(42)66(65)45-14-11-13-44(59-45)54(8,9)71)58-39-20-22-40(23-21-39)63-28-26-62(27-29-63)25-12-15-46(68)60-48(53(5,6)7)51(70)64-32-41(67)30-43(64)35(3)57-34(2)37-16-18-38(19-17-37)47-36(4)56-33-72-47/h10-11,13-14,16-23,31,33-34,41,43,48,57,67,71H,1,3,12,15,24-30,32H2,2,4-9H3,(H,60,68)(H,55,58,61)/t34-,41+,43-,48+/m0/s1. The fourth-order valence-electron chi connectivity index (χ4n) is 9.46. The first-order valence-electron chi connectivity index (χ1n) is 24.7. The molecule has 2 aromatic carbocycles. The molecule has 2 aliphatic rings. The number of β-amino-alcohol motifs (C(OH)–C–C–N with tert-alkyl or cyclic N) is 1. The van der Waals surface area contributed by atoms with Crippen LogP contribution in [0.15, 0.2) is 108 Å². The molecular formula is C54H68N12O5S. The maximum absolute atomic E-state index is 14.3. The van der Waals surface area contributed by atoms with E-state index in [1.165, 1.54) is 10.9 Å². The van der Waals surface area contributed by atoms with Gasteiger partial charge < -0.3 is 36.0 Å². The summed E-state index contributed by atoms with van der Waals surface area (Å²) in [5.41, 5.74) is 6.34. The van der Waals surface area contributed by atoms with Gasteiger partial charge in [0, 0.05) is 74.9 Å². The van der Waals surface area contributed by atoms with Crippen LogP contribution in [-0.2, 0) is 21.7 Å². The van der Waals surface area contributed by atoms with Gasteiger partial charge in [-0.1, -0.05) is 63.8 Å². The molecule has 18 heteroatoms. The van der Waals surface area contributed by atoms with Crippen LogP contribution in [0.2, 0.25) is 0 Å². The van der Waals surface area contributed by atoms with Crippen molar-refractivity contribution in [2.75, 3.05) is 49.5 Å². The van der Waals surface area contributed by atoms with E-state index in [9.17, 15) is 24.6 Å². The van der Waals surface area contributed by atoms with Gasteiger partial charge in [-0.2, -0.15) is 4.98 Å².